The number of aliphatic imine (C=N–C) groups is 1. The van der Waals surface area contributed by atoms with Crippen molar-refractivity contribution >= 4 is 44.6 Å². The van der Waals surface area contributed by atoms with E-state index in [-0.39, 0.29) is 18.4 Å². The largest absolute Gasteiger partial charge is 0.477 e. The number of allylic oxidation sites excluding steroid dienone is 1. The van der Waals surface area contributed by atoms with E-state index in [0.29, 0.717) is 10.6 Å². The summed E-state index contributed by atoms with van der Waals surface area (Å²) in [6.45, 7) is 6.09. The Hall–Kier alpha value is -2.45. The Bertz CT molecular complexity index is 950. The molecule has 1 aromatic rings. The molecule has 0 saturated carbocycles. The SMILES string of the molecule is C=CCC(=O)N(C1=C(C(=O)O)[SH](C2=NCCS2)C=C1)C1CCN(c2ccccc2)CC1. The molecule has 1 aromatic carbocycles. The van der Waals surface area contributed by atoms with E-state index in [0.717, 1.165) is 42.6 Å². The van der Waals surface area contributed by atoms with Gasteiger partial charge in [-0.05, 0) is 36.5 Å². The monoisotopic (exact) mass is 457 g/mol. The van der Waals surface area contributed by atoms with Crippen LogP contribution in [-0.4, -0.2) is 57.7 Å². The Labute approximate surface area is 189 Å². The quantitative estimate of drug-likeness (QED) is 0.499. The maximum absolute atomic E-state index is 13.1. The smallest absolute Gasteiger partial charge is 0.343 e. The molecule has 1 unspecified atom stereocenters. The number of thiol groups is 1. The minimum absolute atomic E-state index is 0.0328. The van der Waals surface area contributed by atoms with Crippen molar-refractivity contribution in [1.29, 1.82) is 0 Å². The second-order valence-corrected chi connectivity index (χ2v) is 10.8. The number of carboxylic acid groups (broad SMARTS) is 1. The maximum atomic E-state index is 13.1. The number of hydrogen-bond acceptors (Lipinski definition) is 5. The van der Waals surface area contributed by atoms with Crippen molar-refractivity contribution in [2.45, 2.75) is 25.3 Å². The first-order valence-corrected chi connectivity index (χ1v) is 12.8. The fraction of sp³-hybridized carbons (Fsp3) is 0.348. The first kappa shape index (κ1) is 21.8. The number of nitrogens with zero attached hydrogens (tertiary/aromatic N) is 3. The zero-order valence-electron chi connectivity index (χ0n) is 17.3. The molecule has 1 atom stereocenters. The summed E-state index contributed by atoms with van der Waals surface area (Å²) in [5, 5.41) is 12.0. The summed E-state index contributed by atoms with van der Waals surface area (Å²) in [4.78, 5) is 34.3. The molecule has 164 valence electrons. The van der Waals surface area contributed by atoms with Crippen LogP contribution in [0.3, 0.4) is 0 Å². The maximum Gasteiger partial charge on any atom is 0.343 e. The van der Waals surface area contributed by atoms with Crippen molar-refractivity contribution in [3.63, 3.8) is 0 Å². The predicted octanol–water partition coefficient (Wildman–Crippen LogP) is 3.99. The highest BCUT2D eigenvalue weighted by molar-refractivity contribution is 8.51. The molecule has 3 heterocycles. The van der Waals surface area contributed by atoms with Gasteiger partial charge in [-0.2, -0.15) is 0 Å². The molecule has 0 bridgehead atoms. The minimum Gasteiger partial charge on any atom is -0.477 e. The molecule has 3 aliphatic rings. The standard InChI is InChI=1S/C23H27N3O3S2/c1-2-6-20(27)26(18-9-13-25(14-10-18)17-7-4-3-5-8-17)19-11-16-31(21(19)22(28)29)23-24-12-15-30-23/h2-5,7-8,11,16,18,31H,1,6,9-10,12-15H2,(H,28,29). The van der Waals surface area contributed by atoms with Crippen molar-refractivity contribution in [2.24, 2.45) is 4.99 Å². The van der Waals surface area contributed by atoms with Crippen molar-refractivity contribution in [3.8, 4) is 0 Å². The Morgan fingerprint density at radius 3 is 2.65 bits per heavy atom. The highest BCUT2D eigenvalue weighted by Crippen LogP contribution is 2.51. The Kier molecular flexibility index (Phi) is 6.87. The van der Waals surface area contributed by atoms with Crippen LogP contribution in [0.25, 0.3) is 0 Å². The number of anilines is 1. The lowest BCUT2D eigenvalue weighted by atomic mass is 10.0. The third-order valence-corrected chi connectivity index (χ3v) is 9.30. The van der Waals surface area contributed by atoms with E-state index < -0.39 is 16.9 Å². The third kappa shape index (κ3) is 4.60. The average molecular weight is 458 g/mol. The van der Waals surface area contributed by atoms with Gasteiger partial charge < -0.3 is 14.9 Å². The summed E-state index contributed by atoms with van der Waals surface area (Å²) < 4.78 is 0.897. The molecule has 0 aromatic heterocycles. The van der Waals surface area contributed by atoms with E-state index in [2.05, 4.69) is 28.6 Å². The number of amides is 1. The normalized spacial score (nSPS) is 22.5. The van der Waals surface area contributed by atoms with Crippen LogP contribution in [-0.2, 0) is 9.59 Å². The summed E-state index contributed by atoms with van der Waals surface area (Å²) in [5.74, 6) is -0.162. The lowest BCUT2D eigenvalue weighted by molar-refractivity contribution is -0.132. The van der Waals surface area contributed by atoms with E-state index >= 15 is 0 Å². The molecule has 6 nitrogen and oxygen atoms in total. The van der Waals surface area contributed by atoms with E-state index in [1.165, 1.54) is 5.69 Å². The number of aliphatic carboxylic acids is 1. The number of rotatable bonds is 6. The Balaban J connectivity index is 1.61. The van der Waals surface area contributed by atoms with Gasteiger partial charge >= 0.3 is 5.97 Å². The average Bonchev–Trinajstić information content (AvgIpc) is 3.45. The fourth-order valence-corrected chi connectivity index (χ4v) is 7.72. The van der Waals surface area contributed by atoms with E-state index in [1.54, 1.807) is 22.7 Å². The molecule has 4 rings (SSSR count). The molecule has 31 heavy (non-hydrogen) atoms. The van der Waals surface area contributed by atoms with Crippen molar-refractivity contribution < 1.29 is 14.7 Å². The lowest BCUT2D eigenvalue weighted by Gasteiger charge is -2.40. The number of carboxylic acids is 1. The van der Waals surface area contributed by atoms with Crippen LogP contribution >= 0.6 is 22.7 Å². The zero-order valence-corrected chi connectivity index (χ0v) is 19.0. The van der Waals surface area contributed by atoms with Gasteiger partial charge in [0.1, 0.15) is 9.28 Å². The summed E-state index contributed by atoms with van der Waals surface area (Å²) in [6, 6.07) is 10.2. The number of piperidine rings is 1. The van der Waals surface area contributed by atoms with Crippen LogP contribution in [0, 0.1) is 0 Å². The van der Waals surface area contributed by atoms with Crippen LogP contribution in [0.5, 0.6) is 0 Å². The molecule has 1 N–H and O–H groups in total. The Morgan fingerprint density at radius 1 is 1.29 bits per heavy atom. The van der Waals surface area contributed by atoms with E-state index in [4.69, 9.17) is 0 Å². The van der Waals surface area contributed by atoms with Crippen LogP contribution in [0.2, 0.25) is 0 Å². The van der Waals surface area contributed by atoms with Crippen molar-refractivity contribution in [1.82, 2.24) is 4.90 Å². The highest BCUT2D eigenvalue weighted by Gasteiger charge is 2.37. The van der Waals surface area contributed by atoms with Gasteiger partial charge in [-0.1, -0.05) is 36.0 Å². The number of para-hydroxylation sites is 1. The topological polar surface area (TPSA) is 73.2 Å². The van der Waals surface area contributed by atoms with E-state index in [9.17, 15) is 14.7 Å². The molecule has 3 aliphatic heterocycles. The second-order valence-electron chi connectivity index (χ2n) is 7.55. The van der Waals surface area contributed by atoms with Gasteiger partial charge in [-0.3, -0.25) is 9.79 Å². The van der Waals surface area contributed by atoms with Crippen LogP contribution < -0.4 is 4.90 Å². The highest BCUT2D eigenvalue weighted by atomic mass is 32.2. The summed E-state index contributed by atoms with van der Waals surface area (Å²) in [5.41, 5.74) is 1.72. The molecule has 8 heteroatoms. The number of benzene rings is 1. The van der Waals surface area contributed by atoms with Gasteiger partial charge in [0.2, 0.25) is 5.91 Å². The summed E-state index contributed by atoms with van der Waals surface area (Å²) in [7, 11) is -1.14. The van der Waals surface area contributed by atoms with E-state index in [1.807, 2.05) is 29.7 Å². The second kappa shape index (κ2) is 9.78. The van der Waals surface area contributed by atoms with Gasteiger partial charge in [0.25, 0.3) is 0 Å². The molecule has 1 fully saturated rings. The zero-order chi connectivity index (χ0) is 21.8. The van der Waals surface area contributed by atoms with Crippen molar-refractivity contribution in [2.75, 3.05) is 30.3 Å². The van der Waals surface area contributed by atoms with Crippen LogP contribution in [0.1, 0.15) is 19.3 Å². The van der Waals surface area contributed by atoms with Crippen LogP contribution in [0.4, 0.5) is 5.69 Å². The number of hydrogen-bond donors (Lipinski definition) is 2. The lowest BCUT2D eigenvalue weighted by Crippen LogP contribution is -2.47. The molecule has 0 spiro atoms. The first-order chi connectivity index (χ1) is 15.1. The molecule has 1 amide bonds. The molecular formula is C23H27N3O3S2. The molecule has 1 saturated heterocycles. The van der Waals surface area contributed by atoms with Crippen LogP contribution in [0.15, 0.2) is 70.1 Å². The van der Waals surface area contributed by atoms with Gasteiger partial charge in [-0.25, -0.2) is 4.79 Å². The Morgan fingerprint density at radius 2 is 2.03 bits per heavy atom. The first-order valence-electron chi connectivity index (χ1n) is 10.5. The predicted molar refractivity (Wildman–Crippen MR) is 131 cm³/mol. The van der Waals surface area contributed by atoms with Crippen molar-refractivity contribution in [3.05, 3.63) is 65.1 Å². The van der Waals surface area contributed by atoms with Gasteiger partial charge in [-0.15, -0.1) is 17.5 Å². The molecular weight excluding hydrogens is 430 g/mol. The number of carbonyl (C=O) groups excluding carboxylic acids is 1. The fourth-order valence-electron chi connectivity index (χ4n) is 4.24. The molecule has 0 radical (unpaired) electrons. The summed E-state index contributed by atoms with van der Waals surface area (Å²) >= 11 is 1.63. The third-order valence-electron chi connectivity index (χ3n) is 5.64. The number of carbonyl (C=O) groups is 2. The number of thioether (sulfide) groups is 1. The minimum atomic E-state index is -1.14. The van der Waals surface area contributed by atoms with Gasteiger partial charge in [0.15, 0.2) is 0 Å². The van der Waals surface area contributed by atoms with Gasteiger partial charge in [0, 0.05) is 37.0 Å². The summed E-state index contributed by atoms with van der Waals surface area (Å²) in [6.07, 6.45) is 5.19. The van der Waals surface area contributed by atoms with Gasteiger partial charge in [0.05, 0.1) is 12.2 Å². The molecule has 0 aliphatic carbocycles.